The first-order valence-electron chi connectivity index (χ1n) is 3.47. The van der Waals surface area contributed by atoms with Gasteiger partial charge in [-0.05, 0) is 19.1 Å². The van der Waals surface area contributed by atoms with Gasteiger partial charge in [-0.2, -0.15) is 17.0 Å². The minimum absolute atomic E-state index is 0.284. The highest BCUT2D eigenvalue weighted by atomic mass is 32.2. The highest BCUT2D eigenvalue weighted by Gasteiger charge is 1.93. The Hall–Kier alpha value is -0.200. The predicted octanol–water partition coefficient (Wildman–Crippen LogP) is 1.37. The van der Waals surface area contributed by atoms with E-state index < -0.39 is 0 Å². The smallest absolute Gasteiger partial charge is 0.0622 e. The summed E-state index contributed by atoms with van der Waals surface area (Å²) in [6.07, 6.45) is 1.67. The van der Waals surface area contributed by atoms with Crippen LogP contribution in [0.25, 0.3) is 0 Å². The van der Waals surface area contributed by atoms with Gasteiger partial charge in [-0.15, -0.1) is 0 Å². The summed E-state index contributed by atoms with van der Waals surface area (Å²) >= 11 is 1.83. The lowest BCUT2D eigenvalue weighted by atomic mass is 10.4. The Morgan fingerprint density at radius 2 is 2.40 bits per heavy atom. The Labute approximate surface area is 66.8 Å². The number of hydrogen-bond acceptors (Lipinski definition) is 3. The van der Waals surface area contributed by atoms with Gasteiger partial charge in [0.1, 0.15) is 0 Å². The Balaban J connectivity index is 2.86. The monoisotopic (exact) mass is 158 g/mol. The molecule has 0 aromatic carbocycles. The van der Waals surface area contributed by atoms with Crippen LogP contribution >= 0.6 is 11.8 Å². The molecule has 1 unspecified atom stereocenters. The van der Waals surface area contributed by atoms with Crippen LogP contribution in [0.15, 0.2) is 0 Å². The van der Waals surface area contributed by atoms with Crippen LogP contribution in [-0.4, -0.2) is 17.5 Å². The summed E-state index contributed by atoms with van der Waals surface area (Å²) in [6, 6.07) is 2.40. The van der Waals surface area contributed by atoms with E-state index in [1.807, 2.05) is 18.7 Å². The summed E-state index contributed by atoms with van der Waals surface area (Å²) in [6.45, 7) is 2.00. The molecule has 0 amide bonds. The molecule has 0 aromatic rings. The van der Waals surface area contributed by atoms with Crippen LogP contribution in [0.3, 0.4) is 0 Å². The summed E-state index contributed by atoms with van der Waals surface area (Å²) in [4.78, 5) is 0. The second kappa shape index (κ2) is 6.91. The highest BCUT2D eigenvalue weighted by molar-refractivity contribution is 7.99. The van der Waals surface area contributed by atoms with E-state index in [2.05, 4.69) is 6.07 Å². The third-order valence-corrected chi connectivity index (χ3v) is 2.30. The molecule has 0 aliphatic rings. The Bertz CT molecular complexity index is 107. The lowest BCUT2D eigenvalue weighted by Gasteiger charge is -2.01. The summed E-state index contributed by atoms with van der Waals surface area (Å²) in [5, 5.41) is 8.19. The van der Waals surface area contributed by atoms with Crippen molar-refractivity contribution in [3.8, 4) is 6.07 Å². The second-order valence-electron chi connectivity index (χ2n) is 2.31. The van der Waals surface area contributed by atoms with Gasteiger partial charge >= 0.3 is 0 Å². The third kappa shape index (κ3) is 7.80. The molecule has 1 atom stereocenters. The van der Waals surface area contributed by atoms with E-state index in [4.69, 9.17) is 11.0 Å². The van der Waals surface area contributed by atoms with Crippen molar-refractivity contribution in [3.05, 3.63) is 0 Å². The number of nitriles is 1. The molecule has 10 heavy (non-hydrogen) atoms. The maximum absolute atomic E-state index is 8.19. The van der Waals surface area contributed by atoms with Crippen LogP contribution in [-0.2, 0) is 0 Å². The molecule has 0 fully saturated rings. The molecule has 58 valence electrons. The van der Waals surface area contributed by atoms with Crippen LogP contribution in [0.2, 0.25) is 0 Å². The molecular formula is C7H14N2S. The molecule has 0 spiro atoms. The largest absolute Gasteiger partial charge is 0.327 e. The Kier molecular flexibility index (Phi) is 6.78. The molecule has 2 nitrogen and oxygen atoms in total. The normalized spacial score (nSPS) is 12.5. The molecule has 0 rings (SSSR count). The molecule has 0 saturated carbocycles. The average molecular weight is 158 g/mol. The highest BCUT2D eigenvalue weighted by Crippen LogP contribution is 2.04. The molecule has 3 heteroatoms. The van der Waals surface area contributed by atoms with Crippen molar-refractivity contribution in [2.75, 3.05) is 11.5 Å². The summed E-state index contributed by atoms with van der Waals surface area (Å²) in [7, 11) is 0. The van der Waals surface area contributed by atoms with Crippen molar-refractivity contribution in [2.45, 2.75) is 25.8 Å². The SMILES string of the molecule is CC(N)CSCCCC#N. The minimum atomic E-state index is 0.284. The van der Waals surface area contributed by atoms with Gasteiger partial charge in [0.05, 0.1) is 6.07 Å². The van der Waals surface area contributed by atoms with Gasteiger partial charge in [0.2, 0.25) is 0 Å². The zero-order valence-electron chi connectivity index (χ0n) is 6.34. The van der Waals surface area contributed by atoms with Crippen molar-refractivity contribution in [3.63, 3.8) is 0 Å². The molecule has 2 N–H and O–H groups in total. The van der Waals surface area contributed by atoms with Crippen molar-refractivity contribution in [1.29, 1.82) is 5.26 Å². The molecular weight excluding hydrogens is 144 g/mol. The first-order valence-corrected chi connectivity index (χ1v) is 4.63. The number of nitrogens with two attached hydrogens (primary N) is 1. The number of nitrogens with zero attached hydrogens (tertiary/aromatic N) is 1. The Morgan fingerprint density at radius 3 is 2.90 bits per heavy atom. The Morgan fingerprint density at radius 1 is 1.70 bits per heavy atom. The fourth-order valence-corrected chi connectivity index (χ4v) is 1.41. The standard InChI is InChI=1S/C7H14N2S/c1-7(9)6-10-5-3-2-4-8/h7H,2-3,5-6,9H2,1H3. The van der Waals surface area contributed by atoms with E-state index in [0.717, 1.165) is 17.9 Å². The van der Waals surface area contributed by atoms with E-state index in [9.17, 15) is 0 Å². The molecule has 0 heterocycles. The lowest BCUT2D eigenvalue weighted by Crippen LogP contribution is -2.17. The predicted molar refractivity (Wildman–Crippen MR) is 45.8 cm³/mol. The van der Waals surface area contributed by atoms with E-state index in [1.165, 1.54) is 0 Å². The van der Waals surface area contributed by atoms with Crippen LogP contribution in [0, 0.1) is 11.3 Å². The van der Waals surface area contributed by atoms with Gasteiger partial charge in [-0.25, -0.2) is 0 Å². The van der Waals surface area contributed by atoms with Gasteiger partial charge in [-0.3, -0.25) is 0 Å². The summed E-state index contributed by atoms with van der Waals surface area (Å²) < 4.78 is 0. The molecule has 0 aromatic heterocycles. The minimum Gasteiger partial charge on any atom is -0.327 e. The summed E-state index contributed by atoms with van der Waals surface area (Å²) in [5.41, 5.74) is 5.52. The topological polar surface area (TPSA) is 49.8 Å². The summed E-state index contributed by atoms with van der Waals surface area (Å²) in [5.74, 6) is 2.07. The molecule has 0 aliphatic heterocycles. The van der Waals surface area contributed by atoms with Crippen LogP contribution in [0.1, 0.15) is 19.8 Å². The molecule has 0 aliphatic carbocycles. The van der Waals surface area contributed by atoms with Crippen LogP contribution in [0.4, 0.5) is 0 Å². The van der Waals surface area contributed by atoms with Crippen LogP contribution in [0.5, 0.6) is 0 Å². The van der Waals surface area contributed by atoms with Crippen molar-refractivity contribution in [1.82, 2.24) is 0 Å². The van der Waals surface area contributed by atoms with Gasteiger partial charge in [0, 0.05) is 18.2 Å². The molecule has 0 bridgehead atoms. The number of thioether (sulfide) groups is 1. The molecule has 0 radical (unpaired) electrons. The van der Waals surface area contributed by atoms with Crippen molar-refractivity contribution >= 4 is 11.8 Å². The first kappa shape index (κ1) is 9.80. The van der Waals surface area contributed by atoms with E-state index in [-0.39, 0.29) is 6.04 Å². The van der Waals surface area contributed by atoms with Crippen LogP contribution < -0.4 is 5.73 Å². The fourth-order valence-electron chi connectivity index (χ4n) is 0.523. The average Bonchev–Trinajstić information content (AvgIpc) is 1.87. The molecule has 0 saturated heterocycles. The van der Waals surface area contributed by atoms with Gasteiger partial charge in [-0.1, -0.05) is 0 Å². The number of hydrogen-bond donors (Lipinski definition) is 1. The van der Waals surface area contributed by atoms with Gasteiger partial charge in [0.15, 0.2) is 0 Å². The number of unbranched alkanes of at least 4 members (excludes halogenated alkanes) is 1. The quantitative estimate of drug-likeness (QED) is 0.615. The maximum atomic E-state index is 8.19. The first-order chi connectivity index (χ1) is 4.77. The van der Waals surface area contributed by atoms with Gasteiger partial charge < -0.3 is 5.73 Å². The lowest BCUT2D eigenvalue weighted by molar-refractivity contribution is 0.845. The van der Waals surface area contributed by atoms with Gasteiger partial charge in [0.25, 0.3) is 0 Å². The van der Waals surface area contributed by atoms with E-state index in [0.29, 0.717) is 6.42 Å². The number of rotatable bonds is 5. The maximum Gasteiger partial charge on any atom is 0.0622 e. The third-order valence-electron chi connectivity index (χ3n) is 0.958. The van der Waals surface area contributed by atoms with Crippen molar-refractivity contribution in [2.24, 2.45) is 5.73 Å². The van der Waals surface area contributed by atoms with Crippen molar-refractivity contribution < 1.29 is 0 Å². The zero-order chi connectivity index (χ0) is 7.82. The van der Waals surface area contributed by atoms with E-state index >= 15 is 0 Å². The second-order valence-corrected chi connectivity index (χ2v) is 3.46. The van der Waals surface area contributed by atoms with E-state index in [1.54, 1.807) is 0 Å². The fraction of sp³-hybridized carbons (Fsp3) is 0.857. The zero-order valence-corrected chi connectivity index (χ0v) is 7.16.